The van der Waals surface area contributed by atoms with Crippen LogP contribution in [-0.4, -0.2) is 19.8 Å². The molecule has 0 radical (unpaired) electrons. The van der Waals surface area contributed by atoms with Crippen molar-refractivity contribution in [2.45, 2.75) is 33.3 Å². The molecule has 124 valence electrons. The molecule has 0 aromatic heterocycles. The summed E-state index contributed by atoms with van der Waals surface area (Å²) >= 11 is 0. The number of hydrogen-bond acceptors (Lipinski definition) is 4. The molecule has 23 heavy (non-hydrogen) atoms. The predicted octanol–water partition coefficient (Wildman–Crippen LogP) is 4.26. The number of hydrogen-bond donors (Lipinski definition) is 0. The lowest BCUT2D eigenvalue weighted by Gasteiger charge is -2.21. The van der Waals surface area contributed by atoms with Gasteiger partial charge in [0, 0.05) is 0 Å². The molecule has 0 aliphatic heterocycles. The summed E-state index contributed by atoms with van der Waals surface area (Å²) in [5.74, 6) is 1.09. The van der Waals surface area contributed by atoms with E-state index >= 15 is 0 Å². The van der Waals surface area contributed by atoms with Crippen molar-refractivity contribution in [2.24, 2.45) is 0 Å². The summed E-state index contributed by atoms with van der Waals surface area (Å²) in [4.78, 5) is 0. The van der Waals surface area contributed by atoms with Crippen LogP contribution in [0.4, 0.5) is 0 Å². The summed E-state index contributed by atoms with van der Waals surface area (Å²) in [7, 11) is -3.49. The van der Waals surface area contributed by atoms with Gasteiger partial charge in [0.05, 0.1) is 5.75 Å². The fourth-order valence-electron chi connectivity index (χ4n) is 1.98. The highest BCUT2D eigenvalue weighted by Crippen LogP contribution is 2.26. The van der Waals surface area contributed by atoms with Crippen molar-refractivity contribution in [3.8, 4) is 22.6 Å². The van der Waals surface area contributed by atoms with E-state index in [0.717, 1.165) is 16.9 Å². The molecule has 0 spiro atoms. The topological polar surface area (TPSA) is 52.6 Å². The van der Waals surface area contributed by atoms with E-state index in [-0.39, 0.29) is 11.4 Å². The van der Waals surface area contributed by atoms with Crippen LogP contribution in [-0.2, 0) is 10.1 Å². The van der Waals surface area contributed by atoms with E-state index in [1.165, 1.54) is 0 Å². The van der Waals surface area contributed by atoms with Crippen molar-refractivity contribution in [3.05, 3.63) is 48.5 Å². The molecular weight excluding hydrogens is 312 g/mol. The van der Waals surface area contributed by atoms with Crippen molar-refractivity contribution in [2.75, 3.05) is 5.75 Å². The first-order valence-corrected chi connectivity index (χ1v) is 9.08. The van der Waals surface area contributed by atoms with Gasteiger partial charge in [0.15, 0.2) is 0 Å². The Morgan fingerprint density at radius 2 is 1.26 bits per heavy atom. The quantitative estimate of drug-likeness (QED) is 0.767. The fraction of sp³-hybridized carbons (Fsp3) is 0.333. The van der Waals surface area contributed by atoms with Crippen LogP contribution in [0.25, 0.3) is 11.1 Å². The SMILES string of the molecule is CCS(=O)(=O)Oc1ccc(-c2ccc(OC(C)(C)C)cc2)cc1. The van der Waals surface area contributed by atoms with Gasteiger partial charge in [-0.15, -0.1) is 0 Å². The molecule has 4 nitrogen and oxygen atoms in total. The molecule has 0 N–H and O–H groups in total. The highest BCUT2D eigenvalue weighted by atomic mass is 32.2. The molecule has 0 amide bonds. The molecule has 0 bridgehead atoms. The van der Waals surface area contributed by atoms with Gasteiger partial charge in [0.25, 0.3) is 0 Å². The smallest absolute Gasteiger partial charge is 0.308 e. The van der Waals surface area contributed by atoms with Crippen molar-refractivity contribution >= 4 is 10.1 Å². The van der Waals surface area contributed by atoms with Gasteiger partial charge in [-0.25, -0.2) is 0 Å². The average Bonchev–Trinajstić information content (AvgIpc) is 2.47. The zero-order valence-electron chi connectivity index (χ0n) is 13.9. The lowest BCUT2D eigenvalue weighted by atomic mass is 10.1. The third-order valence-corrected chi connectivity index (χ3v) is 4.20. The van der Waals surface area contributed by atoms with Crippen LogP contribution < -0.4 is 8.92 Å². The number of benzene rings is 2. The summed E-state index contributed by atoms with van der Waals surface area (Å²) in [6.07, 6.45) is 0. The first-order valence-electron chi connectivity index (χ1n) is 7.50. The van der Waals surface area contributed by atoms with Gasteiger partial charge in [0.2, 0.25) is 0 Å². The molecule has 2 aromatic rings. The van der Waals surface area contributed by atoms with E-state index in [9.17, 15) is 8.42 Å². The average molecular weight is 334 g/mol. The number of ether oxygens (including phenoxy) is 1. The second-order valence-corrected chi connectivity index (χ2v) is 8.05. The van der Waals surface area contributed by atoms with Gasteiger partial charge in [-0.3, -0.25) is 0 Å². The second kappa shape index (κ2) is 6.62. The normalized spacial score (nSPS) is 12.0. The summed E-state index contributed by atoms with van der Waals surface area (Å²) in [5, 5.41) is 0. The highest BCUT2D eigenvalue weighted by Gasteiger charge is 2.12. The predicted molar refractivity (Wildman–Crippen MR) is 92.3 cm³/mol. The Labute approximate surface area is 138 Å². The maximum Gasteiger partial charge on any atom is 0.308 e. The zero-order valence-corrected chi connectivity index (χ0v) is 14.7. The summed E-state index contributed by atoms with van der Waals surface area (Å²) in [6, 6.07) is 14.8. The van der Waals surface area contributed by atoms with Gasteiger partial charge >= 0.3 is 10.1 Å². The Kier molecular flexibility index (Phi) is 5.00. The molecule has 0 aliphatic carbocycles. The van der Waals surface area contributed by atoms with Crippen LogP contribution in [0.2, 0.25) is 0 Å². The second-order valence-electron chi connectivity index (χ2n) is 6.19. The van der Waals surface area contributed by atoms with E-state index in [1.54, 1.807) is 19.1 Å². The van der Waals surface area contributed by atoms with Gasteiger partial charge in [-0.2, -0.15) is 8.42 Å². The zero-order chi connectivity index (χ0) is 17.1. The van der Waals surface area contributed by atoms with Crippen molar-refractivity contribution in [3.63, 3.8) is 0 Å². The lowest BCUT2D eigenvalue weighted by Crippen LogP contribution is -2.22. The van der Waals surface area contributed by atoms with E-state index in [0.29, 0.717) is 5.75 Å². The Morgan fingerprint density at radius 1 is 0.826 bits per heavy atom. The summed E-state index contributed by atoms with van der Waals surface area (Å²) in [5.41, 5.74) is 1.77. The monoisotopic (exact) mass is 334 g/mol. The van der Waals surface area contributed by atoms with E-state index < -0.39 is 10.1 Å². The standard InChI is InChI=1S/C18H22O4S/c1-5-23(19,20)22-17-12-8-15(9-13-17)14-6-10-16(11-7-14)21-18(2,3)4/h6-13H,5H2,1-4H3. The summed E-state index contributed by atoms with van der Waals surface area (Å²) in [6.45, 7) is 7.56. The van der Waals surface area contributed by atoms with Gasteiger partial charge in [-0.05, 0) is 63.1 Å². The van der Waals surface area contributed by atoms with E-state index in [1.807, 2.05) is 57.2 Å². The van der Waals surface area contributed by atoms with E-state index in [2.05, 4.69) is 0 Å². The summed E-state index contributed by atoms with van der Waals surface area (Å²) < 4.78 is 33.6. The molecule has 0 aliphatic rings. The molecular formula is C18H22O4S. The molecule has 0 atom stereocenters. The third kappa shape index (κ3) is 5.28. The Bertz CT molecular complexity index is 739. The van der Waals surface area contributed by atoms with Crippen molar-refractivity contribution in [1.29, 1.82) is 0 Å². The van der Waals surface area contributed by atoms with Crippen LogP contribution in [0.3, 0.4) is 0 Å². The Hall–Kier alpha value is -2.01. The van der Waals surface area contributed by atoms with Crippen LogP contribution in [0.1, 0.15) is 27.7 Å². The van der Waals surface area contributed by atoms with Gasteiger partial charge in [0.1, 0.15) is 17.1 Å². The van der Waals surface area contributed by atoms with E-state index in [4.69, 9.17) is 8.92 Å². The van der Waals surface area contributed by atoms with Gasteiger partial charge in [-0.1, -0.05) is 24.3 Å². The minimum atomic E-state index is -3.49. The van der Waals surface area contributed by atoms with Crippen LogP contribution >= 0.6 is 0 Å². The van der Waals surface area contributed by atoms with Crippen LogP contribution in [0.15, 0.2) is 48.5 Å². The lowest BCUT2D eigenvalue weighted by molar-refractivity contribution is 0.131. The molecule has 2 aromatic carbocycles. The van der Waals surface area contributed by atoms with Gasteiger partial charge < -0.3 is 8.92 Å². The first kappa shape index (κ1) is 17.3. The molecule has 0 saturated carbocycles. The van der Waals surface area contributed by atoms with Crippen LogP contribution in [0, 0.1) is 0 Å². The van der Waals surface area contributed by atoms with Crippen molar-refractivity contribution < 1.29 is 17.3 Å². The molecule has 5 heteroatoms. The molecule has 0 unspecified atom stereocenters. The molecule has 0 fully saturated rings. The minimum Gasteiger partial charge on any atom is -0.488 e. The first-order chi connectivity index (χ1) is 10.7. The van der Waals surface area contributed by atoms with Crippen molar-refractivity contribution in [1.82, 2.24) is 0 Å². The molecule has 2 rings (SSSR count). The fourth-order valence-corrected chi connectivity index (χ4v) is 2.50. The maximum absolute atomic E-state index is 11.4. The Balaban J connectivity index is 2.13. The number of rotatable bonds is 5. The van der Waals surface area contributed by atoms with Crippen LogP contribution in [0.5, 0.6) is 11.5 Å². The third-order valence-electron chi connectivity index (χ3n) is 3.04. The minimum absolute atomic E-state index is 0.0516. The maximum atomic E-state index is 11.4. The Morgan fingerprint density at radius 3 is 1.65 bits per heavy atom. The molecule has 0 heterocycles. The molecule has 0 saturated heterocycles. The highest BCUT2D eigenvalue weighted by molar-refractivity contribution is 7.87. The largest absolute Gasteiger partial charge is 0.488 e.